The van der Waals surface area contributed by atoms with Crippen molar-refractivity contribution in [3.63, 3.8) is 0 Å². The molecule has 0 bridgehead atoms. The van der Waals surface area contributed by atoms with Gasteiger partial charge < -0.3 is 15.6 Å². The highest BCUT2D eigenvalue weighted by Crippen LogP contribution is 2.34. The Bertz CT molecular complexity index is 854. The van der Waals surface area contributed by atoms with E-state index in [1.807, 2.05) is 42.2 Å². The minimum atomic E-state index is 0.784. The SMILES string of the molecule is Nc1cccc(C2=CN(c3ncnc4[nH]ccc34)CCS2)c1. The van der Waals surface area contributed by atoms with Gasteiger partial charge in [0.1, 0.15) is 17.8 Å². The molecule has 3 aromatic rings. The van der Waals surface area contributed by atoms with Gasteiger partial charge in [0.25, 0.3) is 0 Å². The molecule has 0 amide bonds. The number of hydrogen-bond acceptors (Lipinski definition) is 5. The van der Waals surface area contributed by atoms with Crippen LogP contribution in [0, 0.1) is 0 Å². The van der Waals surface area contributed by atoms with Gasteiger partial charge in [-0.2, -0.15) is 0 Å². The van der Waals surface area contributed by atoms with Gasteiger partial charge >= 0.3 is 0 Å². The number of thioether (sulfide) groups is 1. The quantitative estimate of drug-likeness (QED) is 0.712. The number of benzene rings is 1. The fourth-order valence-electron chi connectivity index (χ4n) is 2.60. The second-order valence-corrected chi connectivity index (χ2v) is 6.23. The summed E-state index contributed by atoms with van der Waals surface area (Å²) in [6.45, 7) is 0.924. The van der Waals surface area contributed by atoms with Crippen molar-refractivity contribution < 1.29 is 0 Å². The number of nitrogens with zero attached hydrogens (tertiary/aromatic N) is 3. The largest absolute Gasteiger partial charge is 0.399 e. The van der Waals surface area contributed by atoms with E-state index >= 15 is 0 Å². The fourth-order valence-corrected chi connectivity index (χ4v) is 3.61. The van der Waals surface area contributed by atoms with E-state index in [2.05, 4.69) is 32.1 Å². The number of fused-ring (bicyclic) bond motifs is 1. The first-order valence-corrected chi connectivity index (χ1v) is 8.05. The van der Waals surface area contributed by atoms with Gasteiger partial charge in [-0.15, -0.1) is 11.8 Å². The Hall–Kier alpha value is -2.47. The molecule has 110 valence electrons. The van der Waals surface area contributed by atoms with Gasteiger partial charge in [0.05, 0.1) is 5.39 Å². The second-order valence-electron chi connectivity index (χ2n) is 5.10. The van der Waals surface area contributed by atoms with Gasteiger partial charge in [-0.05, 0) is 23.8 Å². The molecule has 0 unspecified atom stereocenters. The third-order valence-corrected chi connectivity index (χ3v) is 4.68. The first kappa shape index (κ1) is 13.2. The van der Waals surface area contributed by atoms with Crippen molar-refractivity contribution in [1.82, 2.24) is 15.0 Å². The van der Waals surface area contributed by atoms with E-state index in [0.29, 0.717) is 0 Å². The Morgan fingerprint density at radius 2 is 2.18 bits per heavy atom. The number of aromatic amines is 1. The number of H-pyrrole nitrogens is 1. The molecule has 22 heavy (non-hydrogen) atoms. The summed E-state index contributed by atoms with van der Waals surface area (Å²) in [5.41, 5.74) is 8.69. The van der Waals surface area contributed by atoms with Crippen LogP contribution in [0.2, 0.25) is 0 Å². The Morgan fingerprint density at radius 1 is 1.23 bits per heavy atom. The Kier molecular flexibility index (Phi) is 3.23. The summed E-state index contributed by atoms with van der Waals surface area (Å²) in [4.78, 5) is 15.2. The van der Waals surface area contributed by atoms with Gasteiger partial charge in [-0.25, -0.2) is 9.97 Å². The summed E-state index contributed by atoms with van der Waals surface area (Å²) in [5, 5.41) is 1.04. The van der Waals surface area contributed by atoms with Crippen molar-refractivity contribution in [2.45, 2.75) is 0 Å². The van der Waals surface area contributed by atoms with Gasteiger partial charge in [0.2, 0.25) is 0 Å². The average molecular weight is 309 g/mol. The molecule has 2 aromatic heterocycles. The van der Waals surface area contributed by atoms with Crippen LogP contribution in [-0.2, 0) is 0 Å². The van der Waals surface area contributed by atoms with Crippen LogP contribution < -0.4 is 10.6 Å². The van der Waals surface area contributed by atoms with Crippen LogP contribution >= 0.6 is 11.8 Å². The molecule has 0 spiro atoms. The summed E-state index contributed by atoms with van der Waals surface area (Å²) in [6, 6.07) is 10.0. The lowest BCUT2D eigenvalue weighted by Gasteiger charge is -2.26. The maximum Gasteiger partial charge on any atom is 0.145 e. The van der Waals surface area contributed by atoms with Crippen LogP contribution in [0.15, 0.2) is 49.1 Å². The molecule has 4 rings (SSSR count). The van der Waals surface area contributed by atoms with E-state index in [0.717, 1.165) is 40.4 Å². The average Bonchev–Trinajstić information content (AvgIpc) is 3.03. The van der Waals surface area contributed by atoms with Gasteiger partial charge in [0.15, 0.2) is 0 Å². The van der Waals surface area contributed by atoms with E-state index in [1.54, 1.807) is 6.33 Å². The van der Waals surface area contributed by atoms with Crippen LogP contribution in [-0.4, -0.2) is 27.2 Å². The molecule has 3 N–H and O–H groups in total. The van der Waals surface area contributed by atoms with Crippen LogP contribution in [0.3, 0.4) is 0 Å². The molecule has 1 aliphatic heterocycles. The Labute approximate surface area is 132 Å². The topological polar surface area (TPSA) is 70.8 Å². The molecule has 3 heterocycles. The molecule has 0 atom stereocenters. The zero-order valence-corrected chi connectivity index (χ0v) is 12.7. The third kappa shape index (κ3) is 2.31. The minimum Gasteiger partial charge on any atom is -0.399 e. The zero-order chi connectivity index (χ0) is 14.9. The van der Waals surface area contributed by atoms with Crippen molar-refractivity contribution in [1.29, 1.82) is 0 Å². The summed E-state index contributed by atoms with van der Waals surface area (Å²) < 4.78 is 0. The number of anilines is 2. The predicted octanol–water partition coefficient (Wildman–Crippen LogP) is 3.09. The molecular formula is C16H15N5S. The van der Waals surface area contributed by atoms with E-state index in [4.69, 9.17) is 5.73 Å². The number of nitrogen functional groups attached to an aromatic ring is 1. The number of nitrogens with two attached hydrogens (primary N) is 1. The normalized spacial score (nSPS) is 15.1. The molecule has 5 nitrogen and oxygen atoms in total. The minimum absolute atomic E-state index is 0.784. The Balaban J connectivity index is 1.76. The Morgan fingerprint density at radius 3 is 3.09 bits per heavy atom. The van der Waals surface area contributed by atoms with Crippen molar-refractivity contribution in [2.24, 2.45) is 0 Å². The second kappa shape index (κ2) is 5.38. The van der Waals surface area contributed by atoms with Crippen LogP contribution in [0.25, 0.3) is 15.9 Å². The lowest BCUT2D eigenvalue weighted by molar-refractivity contribution is 0.988. The van der Waals surface area contributed by atoms with E-state index in [9.17, 15) is 0 Å². The summed E-state index contributed by atoms with van der Waals surface area (Å²) in [7, 11) is 0. The van der Waals surface area contributed by atoms with Gasteiger partial charge in [0, 0.05) is 35.3 Å². The molecular weight excluding hydrogens is 294 g/mol. The maximum atomic E-state index is 5.90. The molecule has 0 radical (unpaired) electrons. The van der Waals surface area contributed by atoms with E-state index in [-0.39, 0.29) is 0 Å². The fraction of sp³-hybridized carbons (Fsp3) is 0.125. The van der Waals surface area contributed by atoms with E-state index in [1.165, 1.54) is 4.91 Å². The highest BCUT2D eigenvalue weighted by atomic mass is 32.2. The van der Waals surface area contributed by atoms with Crippen LogP contribution in [0.1, 0.15) is 5.56 Å². The molecule has 1 aliphatic rings. The highest BCUT2D eigenvalue weighted by Gasteiger charge is 2.17. The van der Waals surface area contributed by atoms with Crippen LogP contribution in [0.4, 0.5) is 11.5 Å². The number of rotatable bonds is 2. The monoisotopic (exact) mass is 309 g/mol. The lowest BCUT2D eigenvalue weighted by atomic mass is 10.2. The molecule has 0 aliphatic carbocycles. The molecule has 6 heteroatoms. The van der Waals surface area contributed by atoms with Crippen LogP contribution in [0.5, 0.6) is 0 Å². The number of hydrogen-bond donors (Lipinski definition) is 2. The maximum absolute atomic E-state index is 5.90. The van der Waals surface area contributed by atoms with Crippen molar-refractivity contribution in [2.75, 3.05) is 22.9 Å². The third-order valence-electron chi connectivity index (χ3n) is 3.64. The number of nitrogens with one attached hydrogen (secondary N) is 1. The molecule has 0 fully saturated rings. The molecule has 1 aromatic carbocycles. The van der Waals surface area contributed by atoms with Crippen molar-refractivity contribution >= 4 is 39.2 Å². The van der Waals surface area contributed by atoms with Crippen molar-refractivity contribution in [3.05, 3.63) is 54.6 Å². The first-order chi connectivity index (χ1) is 10.8. The van der Waals surface area contributed by atoms with E-state index < -0.39 is 0 Å². The number of aromatic nitrogens is 3. The van der Waals surface area contributed by atoms with Gasteiger partial charge in [-0.1, -0.05) is 12.1 Å². The lowest BCUT2D eigenvalue weighted by Crippen LogP contribution is -2.24. The standard InChI is InChI=1S/C16H15N5S/c17-12-3-1-2-11(8-12)14-9-21(6-7-22-14)16-13-4-5-18-15(13)19-10-20-16/h1-5,8-10H,6-7,17H2,(H,18,19,20). The molecule has 0 saturated heterocycles. The van der Waals surface area contributed by atoms with Gasteiger partial charge in [-0.3, -0.25) is 0 Å². The smallest absolute Gasteiger partial charge is 0.145 e. The summed E-state index contributed by atoms with van der Waals surface area (Å²) in [5.74, 6) is 1.95. The zero-order valence-electron chi connectivity index (χ0n) is 11.9. The summed E-state index contributed by atoms with van der Waals surface area (Å²) in [6.07, 6.45) is 5.64. The summed E-state index contributed by atoms with van der Waals surface area (Å²) >= 11 is 1.84. The molecule has 0 saturated carbocycles. The van der Waals surface area contributed by atoms with Crippen molar-refractivity contribution in [3.8, 4) is 0 Å². The predicted molar refractivity (Wildman–Crippen MR) is 92.5 cm³/mol. The first-order valence-electron chi connectivity index (χ1n) is 7.06. The highest BCUT2D eigenvalue weighted by molar-refractivity contribution is 8.08.